The summed E-state index contributed by atoms with van der Waals surface area (Å²) in [4.78, 5) is 0. The average molecular weight is 345 g/mol. The van der Waals surface area contributed by atoms with Crippen molar-refractivity contribution < 1.29 is 0 Å². The molecule has 3 rings (SSSR count). The summed E-state index contributed by atoms with van der Waals surface area (Å²) in [5, 5.41) is 0. The van der Waals surface area contributed by atoms with Crippen molar-refractivity contribution in [3.05, 3.63) is 95.6 Å². The summed E-state index contributed by atoms with van der Waals surface area (Å²) in [6.07, 6.45) is 9.60. The molecule has 0 heteroatoms. The lowest BCUT2D eigenvalue weighted by molar-refractivity contribution is 0.287. The first-order chi connectivity index (χ1) is 12.1. The minimum absolute atomic E-state index is 0.0594. The minimum Gasteiger partial charge on any atom is -0.0760 e. The molecule has 0 nitrogen and oxygen atoms in total. The predicted octanol–water partition coefficient (Wildman–Crippen LogP) is 7.18. The van der Waals surface area contributed by atoms with E-state index in [1.54, 1.807) is 0 Å². The van der Waals surface area contributed by atoms with Crippen molar-refractivity contribution >= 4 is 0 Å². The molecule has 26 heavy (non-hydrogen) atoms. The third-order valence-corrected chi connectivity index (χ3v) is 5.79. The Labute approximate surface area is 159 Å². The first-order valence-corrected chi connectivity index (χ1v) is 9.68. The summed E-state index contributed by atoms with van der Waals surface area (Å²) in [6.45, 7) is 13.8. The Morgan fingerprint density at radius 1 is 0.692 bits per heavy atom. The van der Waals surface area contributed by atoms with Crippen LogP contribution in [0.2, 0.25) is 0 Å². The summed E-state index contributed by atoms with van der Waals surface area (Å²) in [7, 11) is 0. The van der Waals surface area contributed by atoms with E-state index in [0.29, 0.717) is 5.92 Å². The molecule has 0 spiro atoms. The van der Waals surface area contributed by atoms with Gasteiger partial charge in [0, 0.05) is 11.3 Å². The molecule has 1 aliphatic rings. The van der Waals surface area contributed by atoms with Crippen molar-refractivity contribution in [3.63, 3.8) is 0 Å². The van der Waals surface area contributed by atoms with Gasteiger partial charge in [-0.3, -0.25) is 0 Å². The maximum Gasteiger partial charge on any atom is 0.0361 e. The summed E-state index contributed by atoms with van der Waals surface area (Å²) in [5.74, 6) is 0.350. The second kappa shape index (κ2) is 6.58. The van der Waals surface area contributed by atoms with Gasteiger partial charge in [-0.15, -0.1) is 0 Å². The lowest BCUT2D eigenvalue weighted by Crippen LogP contribution is -2.37. The highest BCUT2D eigenvalue weighted by molar-refractivity contribution is 5.46. The van der Waals surface area contributed by atoms with E-state index in [1.807, 2.05) is 0 Å². The molecule has 0 saturated carbocycles. The Bertz CT molecular complexity index is 776. The summed E-state index contributed by atoms with van der Waals surface area (Å²) in [5.41, 5.74) is 4.37. The maximum atomic E-state index is 2.42. The molecule has 2 aromatic carbocycles. The first kappa shape index (κ1) is 18.7. The molecule has 0 radical (unpaired) electrons. The molecule has 0 saturated heterocycles. The molecule has 1 aliphatic carbocycles. The van der Waals surface area contributed by atoms with Crippen LogP contribution in [-0.4, -0.2) is 0 Å². The van der Waals surface area contributed by atoms with E-state index in [2.05, 4.69) is 120 Å². The number of allylic oxidation sites excluding steroid dienone is 4. The largest absolute Gasteiger partial charge is 0.0760 e. The van der Waals surface area contributed by atoms with Gasteiger partial charge in [-0.05, 0) is 27.5 Å². The van der Waals surface area contributed by atoms with Gasteiger partial charge < -0.3 is 0 Å². The zero-order chi connectivity index (χ0) is 19.0. The fourth-order valence-corrected chi connectivity index (χ4v) is 3.90. The molecule has 2 aromatic rings. The minimum atomic E-state index is -0.0594. The topological polar surface area (TPSA) is 0 Å². The summed E-state index contributed by atoms with van der Waals surface area (Å²) >= 11 is 0. The Hall–Kier alpha value is -2.08. The van der Waals surface area contributed by atoms with Crippen LogP contribution in [0.3, 0.4) is 0 Å². The molecule has 0 aromatic heterocycles. The van der Waals surface area contributed by atoms with Crippen LogP contribution >= 0.6 is 0 Å². The third kappa shape index (κ3) is 3.43. The van der Waals surface area contributed by atoms with Crippen molar-refractivity contribution in [2.75, 3.05) is 0 Å². The van der Waals surface area contributed by atoms with Crippen LogP contribution in [0, 0.1) is 5.41 Å². The molecule has 0 bridgehead atoms. The van der Waals surface area contributed by atoms with Gasteiger partial charge in [-0.25, -0.2) is 0 Å². The average Bonchev–Trinajstić information content (AvgIpc) is 2.61. The van der Waals surface area contributed by atoms with E-state index in [4.69, 9.17) is 0 Å². The van der Waals surface area contributed by atoms with Crippen molar-refractivity contribution in [1.82, 2.24) is 0 Å². The molecule has 0 fully saturated rings. The molecular weight excluding hydrogens is 312 g/mol. The molecule has 0 heterocycles. The van der Waals surface area contributed by atoms with Gasteiger partial charge >= 0.3 is 0 Å². The zero-order valence-corrected chi connectivity index (χ0v) is 17.1. The number of benzene rings is 2. The van der Waals surface area contributed by atoms with Crippen LogP contribution in [-0.2, 0) is 10.8 Å². The van der Waals surface area contributed by atoms with Crippen LogP contribution in [0.25, 0.3) is 0 Å². The van der Waals surface area contributed by atoms with Gasteiger partial charge in [0.2, 0.25) is 0 Å². The van der Waals surface area contributed by atoms with Crippen LogP contribution in [0.4, 0.5) is 0 Å². The Kier molecular flexibility index (Phi) is 4.73. The van der Waals surface area contributed by atoms with Crippen molar-refractivity contribution in [2.24, 2.45) is 5.41 Å². The quantitative estimate of drug-likeness (QED) is 0.506. The van der Waals surface area contributed by atoms with Crippen LogP contribution in [0.1, 0.15) is 64.2 Å². The predicted molar refractivity (Wildman–Crippen MR) is 114 cm³/mol. The molecule has 136 valence electrons. The first-order valence-electron chi connectivity index (χ1n) is 9.68. The van der Waals surface area contributed by atoms with Crippen LogP contribution in [0.15, 0.2) is 78.9 Å². The summed E-state index contributed by atoms with van der Waals surface area (Å²) < 4.78 is 0. The molecular formula is C26H32. The SMILES string of the molecule is CC(C)(C)c1ccc(C2C=CC(c3ccccc3)(C(C)(C)C)C=C2)cc1. The fraction of sp³-hybridized carbons (Fsp3) is 0.385. The molecule has 0 unspecified atom stereocenters. The lowest BCUT2D eigenvalue weighted by atomic mass is 9.60. The number of rotatable bonds is 2. The molecule has 0 aliphatic heterocycles. The van der Waals surface area contributed by atoms with E-state index in [-0.39, 0.29) is 16.2 Å². The molecule has 0 amide bonds. The maximum absolute atomic E-state index is 2.42. The summed E-state index contributed by atoms with van der Waals surface area (Å²) in [6, 6.07) is 20.0. The zero-order valence-electron chi connectivity index (χ0n) is 17.1. The fourth-order valence-electron chi connectivity index (χ4n) is 3.90. The normalized spacial score (nSPS) is 23.2. The molecule has 0 N–H and O–H groups in total. The Morgan fingerprint density at radius 3 is 1.69 bits per heavy atom. The van der Waals surface area contributed by atoms with Gasteiger partial charge in [0.05, 0.1) is 0 Å². The second-order valence-electron chi connectivity index (χ2n) is 9.60. The Balaban J connectivity index is 1.92. The van der Waals surface area contributed by atoms with E-state index < -0.39 is 0 Å². The van der Waals surface area contributed by atoms with E-state index in [0.717, 1.165) is 0 Å². The van der Waals surface area contributed by atoms with Crippen molar-refractivity contribution in [2.45, 2.75) is 58.3 Å². The van der Waals surface area contributed by atoms with Crippen molar-refractivity contribution in [3.8, 4) is 0 Å². The van der Waals surface area contributed by atoms with Gasteiger partial charge in [0.1, 0.15) is 0 Å². The van der Waals surface area contributed by atoms with Gasteiger partial charge in [0.25, 0.3) is 0 Å². The van der Waals surface area contributed by atoms with E-state index in [1.165, 1.54) is 16.7 Å². The van der Waals surface area contributed by atoms with Crippen molar-refractivity contribution in [1.29, 1.82) is 0 Å². The monoisotopic (exact) mass is 344 g/mol. The highest BCUT2D eigenvalue weighted by Crippen LogP contribution is 2.47. The lowest BCUT2D eigenvalue weighted by Gasteiger charge is -2.43. The Morgan fingerprint density at radius 2 is 1.23 bits per heavy atom. The third-order valence-electron chi connectivity index (χ3n) is 5.79. The van der Waals surface area contributed by atoms with Crippen LogP contribution < -0.4 is 0 Å². The van der Waals surface area contributed by atoms with Crippen LogP contribution in [0.5, 0.6) is 0 Å². The van der Waals surface area contributed by atoms with Gasteiger partial charge in [0.15, 0.2) is 0 Å². The number of hydrogen-bond donors (Lipinski definition) is 0. The molecule has 0 atom stereocenters. The standard InChI is InChI=1S/C26H32/c1-24(2,3)22-14-12-20(13-15-22)21-16-18-26(19-17-21,25(4,5)6)23-10-8-7-9-11-23/h7-19,21H,1-6H3. The van der Waals surface area contributed by atoms with Gasteiger partial charge in [-0.2, -0.15) is 0 Å². The highest BCUT2D eigenvalue weighted by atomic mass is 14.4. The highest BCUT2D eigenvalue weighted by Gasteiger charge is 2.40. The van der Waals surface area contributed by atoms with E-state index >= 15 is 0 Å². The smallest absolute Gasteiger partial charge is 0.0361 e. The van der Waals surface area contributed by atoms with E-state index in [9.17, 15) is 0 Å². The van der Waals surface area contributed by atoms with Gasteiger partial charge in [-0.1, -0.05) is 120 Å². The number of hydrogen-bond acceptors (Lipinski definition) is 0. The second-order valence-corrected chi connectivity index (χ2v) is 9.60.